The lowest BCUT2D eigenvalue weighted by Gasteiger charge is -2.09. The van der Waals surface area contributed by atoms with E-state index in [0.717, 1.165) is 22.5 Å². The fraction of sp³-hybridized carbons (Fsp3) is 0.167. The number of nitrogens with zero attached hydrogens (tertiary/aromatic N) is 3. The molecule has 0 saturated heterocycles. The molecule has 0 aliphatic heterocycles. The van der Waals surface area contributed by atoms with E-state index in [1.54, 1.807) is 23.1 Å². The summed E-state index contributed by atoms with van der Waals surface area (Å²) in [5.41, 5.74) is 4.37. The van der Waals surface area contributed by atoms with Crippen LogP contribution >= 0.6 is 0 Å². The number of aryl methyl sites for hydroxylation is 1. The van der Waals surface area contributed by atoms with Crippen molar-refractivity contribution in [1.82, 2.24) is 14.8 Å². The molecule has 7 heteroatoms. The number of carbonyl (C=O) groups excluding carboxylic acids is 1. The first-order valence-electron chi connectivity index (χ1n) is 7.83. The van der Waals surface area contributed by atoms with Crippen LogP contribution in [0.15, 0.2) is 55.0 Å². The van der Waals surface area contributed by atoms with Gasteiger partial charge in [-0.25, -0.2) is 0 Å². The summed E-state index contributed by atoms with van der Waals surface area (Å²) in [6.45, 7) is 0.0390. The molecule has 3 rings (SSSR count). The summed E-state index contributed by atoms with van der Waals surface area (Å²) in [6, 6.07) is 11.2. The van der Waals surface area contributed by atoms with E-state index in [-0.39, 0.29) is 0 Å². The molecule has 0 bridgehead atoms. The minimum atomic E-state index is -0.540. The van der Waals surface area contributed by atoms with Gasteiger partial charge >= 0.3 is 0 Å². The molecule has 1 amide bonds. The van der Waals surface area contributed by atoms with Crippen LogP contribution in [-0.2, 0) is 18.4 Å². The molecule has 25 heavy (non-hydrogen) atoms. The van der Waals surface area contributed by atoms with Crippen LogP contribution in [0.5, 0.6) is 0 Å². The second-order valence-corrected chi connectivity index (χ2v) is 5.56. The Labute approximate surface area is 145 Å². The number of hydrogen-bond donors (Lipinski definition) is 3. The van der Waals surface area contributed by atoms with Gasteiger partial charge in [-0.2, -0.15) is 5.10 Å². The maximum atomic E-state index is 11.3. The summed E-state index contributed by atoms with van der Waals surface area (Å²) in [7, 11) is 1.88. The largest absolute Gasteiger partial charge is 0.387 e. The van der Waals surface area contributed by atoms with Gasteiger partial charge in [0.2, 0.25) is 5.91 Å². The normalized spacial score (nSPS) is 10.5. The average Bonchev–Trinajstić information content (AvgIpc) is 3.01. The molecule has 2 heterocycles. The van der Waals surface area contributed by atoms with Gasteiger partial charge in [0.25, 0.3) is 0 Å². The molecule has 0 saturated carbocycles. The zero-order chi connectivity index (χ0) is 17.6. The number of amides is 1. The van der Waals surface area contributed by atoms with Gasteiger partial charge in [-0.1, -0.05) is 6.07 Å². The van der Waals surface area contributed by atoms with Gasteiger partial charge < -0.3 is 15.7 Å². The lowest BCUT2D eigenvalue weighted by Crippen LogP contribution is -2.15. The molecule has 3 N–H and O–H groups in total. The maximum absolute atomic E-state index is 11.3. The number of anilines is 2. The molecule has 3 aromatic rings. The molecule has 128 valence electrons. The number of aliphatic hydroxyl groups is 1. The van der Waals surface area contributed by atoms with Crippen molar-refractivity contribution in [3.63, 3.8) is 0 Å². The standard InChI is InChI=1S/C18H19N5O2/c1-23-11-14(18(22-23)13-4-3-7-19-9-13)10-20-15-5-2-6-16(8-15)21-17(25)12-24/h2-9,11,20,24H,10,12H2,1H3,(H,21,25). The van der Waals surface area contributed by atoms with E-state index in [1.807, 2.05) is 43.6 Å². The molecule has 0 unspecified atom stereocenters. The summed E-state index contributed by atoms with van der Waals surface area (Å²) >= 11 is 0. The first-order valence-corrected chi connectivity index (χ1v) is 7.83. The van der Waals surface area contributed by atoms with Crippen molar-refractivity contribution >= 4 is 17.3 Å². The van der Waals surface area contributed by atoms with Crippen LogP contribution in [-0.4, -0.2) is 32.4 Å². The van der Waals surface area contributed by atoms with Crippen LogP contribution in [0.25, 0.3) is 11.3 Å². The lowest BCUT2D eigenvalue weighted by molar-refractivity contribution is -0.118. The predicted octanol–water partition coefficient (Wildman–Crippen LogP) is 2.02. The van der Waals surface area contributed by atoms with Crippen LogP contribution < -0.4 is 10.6 Å². The van der Waals surface area contributed by atoms with E-state index in [4.69, 9.17) is 5.11 Å². The van der Waals surface area contributed by atoms with Gasteiger partial charge in [0.15, 0.2) is 0 Å². The molecular weight excluding hydrogens is 318 g/mol. The third-order valence-corrected chi connectivity index (χ3v) is 3.61. The summed E-state index contributed by atoms with van der Waals surface area (Å²) in [6.07, 6.45) is 5.49. The van der Waals surface area contributed by atoms with Crippen molar-refractivity contribution < 1.29 is 9.90 Å². The number of rotatable bonds is 6. The number of nitrogens with one attached hydrogen (secondary N) is 2. The monoisotopic (exact) mass is 337 g/mol. The van der Waals surface area contributed by atoms with Gasteiger partial charge in [-0.05, 0) is 30.3 Å². The van der Waals surface area contributed by atoms with Gasteiger partial charge in [0.1, 0.15) is 6.61 Å². The van der Waals surface area contributed by atoms with E-state index in [0.29, 0.717) is 12.2 Å². The maximum Gasteiger partial charge on any atom is 0.250 e. The highest BCUT2D eigenvalue weighted by Crippen LogP contribution is 2.22. The van der Waals surface area contributed by atoms with Gasteiger partial charge in [0, 0.05) is 54.7 Å². The Kier molecular flexibility index (Phi) is 5.06. The Morgan fingerprint density at radius 2 is 2.08 bits per heavy atom. The van der Waals surface area contributed by atoms with Crippen LogP contribution in [0.1, 0.15) is 5.56 Å². The molecule has 2 aromatic heterocycles. The average molecular weight is 337 g/mol. The highest BCUT2D eigenvalue weighted by molar-refractivity contribution is 5.91. The van der Waals surface area contributed by atoms with Gasteiger partial charge in [0.05, 0.1) is 5.69 Å². The fourth-order valence-electron chi connectivity index (χ4n) is 2.52. The minimum Gasteiger partial charge on any atom is -0.387 e. The predicted molar refractivity (Wildman–Crippen MR) is 95.9 cm³/mol. The Bertz CT molecular complexity index is 861. The summed E-state index contributed by atoms with van der Waals surface area (Å²) < 4.78 is 1.78. The minimum absolute atomic E-state index is 0.441. The molecule has 1 aromatic carbocycles. The fourth-order valence-corrected chi connectivity index (χ4v) is 2.52. The quantitative estimate of drug-likeness (QED) is 0.640. The lowest BCUT2D eigenvalue weighted by atomic mass is 10.1. The highest BCUT2D eigenvalue weighted by atomic mass is 16.3. The van der Waals surface area contributed by atoms with Crippen molar-refractivity contribution in [2.24, 2.45) is 7.05 Å². The number of aliphatic hydroxyl groups excluding tert-OH is 1. The topological polar surface area (TPSA) is 92.1 Å². The molecule has 0 spiro atoms. The second-order valence-electron chi connectivity index (χ2n) is 5.56. The van der Waals surface area contributed by atoms with Crippen molar-refractivity contribution in [1.29, 1.82) is 0 Å². The van der Waals surface area contributed by atoms with Gasteiger partial charge in [-0.3, -0.25) is 14.5 Å². The van der Waals surface area contributed by atoms with Crippen molar-refractivity contribution in [3.05, 3.63) is 60.6 Å². The molecule has 0 fully saturated rings. The van der Waals surface area contributed by atoms with Crippen LogP contribution in [0.2, 0.25) is 0 Å². The number of carbonyl (C=O) groups is 1. The molecule has 0 radical (unpaired) electrons. The summed E-state index contributed by atoms with van der Waals surface area (Å²) in [5, 5.41) is 19.3. The Morgan fingerprint density at radius 1 is 1.24 bits per heavy atom. The first-order chi connectivity index (χ1) is 12.2. The number of benzene rings is 1. The van der Waals surface area contributed by atoms with Gasteiger partial charge in [-0.15, -0.1) is 0 Å². The number of aromatic nitrogens is 3. The Balaban J connectivity index is 1.74. The summed E-state index contributed by atoms with van der Waals surface area (Å²) in [4.78, 5) is 15.4. The van der Waals surface area contributed by atoms with E-state index in [2.05, 4.69) is 20.7 Å². The molecule has 0 atom stereocenters. The van der Waals surface area contributed by atoms with Crippen LogP contribution in [0, 0.1) is 0 Å². The number of hydrogen-bond acceptors (Lipinski definition) is 5. The molecular formula is C18H19N5O2. The number of pyridine rings is 1. The van der Waals surface area contributed by atoms with Crippen molar-refractivity contribution in [2.75, 3.05) is 17.2 Å². The van der Waals surface area contributed by atoms with Crippen molar-refractivity contribution in [3.8, 4) is 11.3 Å². The van der Waals surface area contributed by atoms with Crippen LogP contribution in [0.4, 0.5) is 11.4 Å². The van der Waals surface area contributed by atoms with Crippen molar-refractivity contribution in [2.45, 2.75) is 6.54 Å². The zero-order valence-electron chi connectivity index (χ0n) is 13.8. The zero-order valence-corrected chi connectivity index (χ0v) is 13.8. The molecule has 0 aliphatic carbocycles. The van der Waals surface area contributed by atoms with E-state index >= 15 is 0 Å². The SMILES string of the molecule is Cn1cc(CNc2cccc(NC(=O)CO)c2)c(-c2cccnc2)n1. The van der Waals surface area contributed by atoms with Crippen LogP contribution in [0.3, 0.4) is 0 Å². The second kappa shape index (κ2) is 7.59. The Hall–Kier alpha value is -3.19. The highest BCUT2D eigenvalue weighted by Gasteiger charge is 2.10. The first kappa shape index (κ1) is 16.7. The van der Waals surface area contributed by atoms with E-state index < -0.39 is 12.5 Å². The molecule has 7 nitrogen and oxygen atoms in total. The molecule has 0 aliphatic rings. The van der Waals surface area contributed by atoms with E-state index in [9.17, 15) is 4.79 Å². The van der Waals surface area contributed by atoms with E-state index in [1.165, 1.54) is 0 Å². The summed E-state index contributed by atoms with van der Waals surface area (Å²) in [5.74, 6) is -0.441. The third-order valence-electron chi connectivity index (χ3n) is 3.61. The Morgan fingerprint density at radius 3 is 2.84 bits per heavy atom. The third kappa shape index (κ3) is 4.21. The smallest absolute Gasteiger partial charge is 0.250 e.